The minimum atomic E-state index is -1.03. The summed E-state index contributed by atoms with van der Waals surface area (Å²) in [6.45, 7) is 0. The number of nitrogens with two attached hydrogens (primary N) is 1. The van der Waals surface area contributed by atoms with Gasteiger partial charge >= 0.3 is 5.97 Å². The summed E-state index contributed by atoms with van der Waals surface area (Å²) in [6, 6.07) is 21.0. The Balaban J connectivity index is 1.50. The Morgan fingerprint density at radius 2 is 1.23 bits per heavy atom. The molecule has 0 fully saturated rings. The van der Waals surface area contributed by atoms with Crippen molar-refractivity contribution >= 4 is 5.97 Å². The van der Waals surface area contributed by atoms with Crippen molar-refractivity contribution < 1.29 is 19.4 Å². The normalized spacial score (nSPS) is 11.9. The number of hydrogen-bond donors (Lipinski definition) is 3. The van der Waals surface area contributed by atoms with Crippen LogP contribution in [-0.2, 0) is 11.2 Å². The van der Waals surface area contributed by atoms with Crippen LogP contribution in [-0.4, -0.2) is 32.4 Å². The van der Waals surface area contributed by atoms with E-state index in [1.54, 1.807) is 36.4 Å². The van der Waals surface area contributed by atoms with Crippen LogP contribution < -0.4 is 5.73 Å². The Morgan fingerprint density at radius 3 is 1.73 bits per heavy atom. The van der Waals surface area contributed by atoms with Crippen molar-refractivity contribution in [3.05, 3.63) is 78.4 Å². The van der Waals surface area contributed by atoms with E-state index in [1.807, 2.05) is 36.4 Å². The SMILES string of the molecule is N[C@@H](Cc1ccc(-c2nnc(-c3ccc(-c4ccc(O)cc4)cc3)o2)cc1)C(=O)O. The molecule has 0 aliphatic heterocycles. The van der Waals surface area contributed by atoms with Gasteiger partial charge in [0.2, 0.25) is 11.8 Å². The summed E-state index contributed by atoms with van der Waals surface area (Å²) < 4.78 is 5.80. The lowest BCUT2D eigenvalue weighted by Crippen LogP contribution is -2.32. The van der Waals surface area contributed by atoms with Crippen molar-refractivity contribution in [1.82, 2.24) is 10.2 Å². The number of carboxylic acid groups (broad SMARTS) is 1. The average Bonchev–Trinajstić information content (AvgIpc) is 3.25. The highest BCUT2D eigenvalue weighted by Crippen LogP contribution is 2.27. The zero-order valence-electron chi connectivity index (χ0n) is 15.9. The van der Waals surface area contributed by atoms with Gasteiger partial charge in [0.1, 0.15) is 11.8 Å². The van der Waals surface area contributed by atoms with Gasteiger partial charge in [-0.05, 0) is 59.5 Å². The van der Waals surface area contributed by atoms with Crippen molar-refractivity contribution in [2.24, 2.45) is 5.73 Å². The predicted octanol–water partition coefficient (Wildman–Crippen LogP) is 3.73. The lowest BCUT2D eigenvalue weighted by atomic mass is 10.0. The minimum Gasteiger partial charge on any atom is -0.508 e. The van der Waals surface area contributed by atoms with Gasteiger partial charge in [-0.2, -0.15) is 0 Å². The minimum absolute atomic E-state index is 0.228. The Morgan fingerprint density at radius 1 is 0.800 bits per heavy atom. The molecule has 0 spiro atoms. The maximum Gasteiger partial charge on any atom is 0.320 e. The number of nitrogens with zero attached hydrogens (tertiary/aromatic N) is 2. The predicted molar refractivity (Wildman–Crippen MR) is 112 cm³/mol. The second-order valence-corrected chi connectivity index (χ2v) is 6.88. The molecular weight excluding hydrogens is 382 g/mol. The summed E-state index contributed by atoms with van der Waals surface area (Å²) in [7, 11) is 0. The molecule has 0 aliphatic carbocycles. The van der Waals surface area contributed by atoms with Gasteiger partial charge in [0, 0.05) is 11.1 Å². The fourth-order valence-corrected chi connectivity index (χ4v) is 3.04. The van der Waals surface area contributed by atoms with Crippen molar-refractivity contribution in [2.45, 2.75) is 12.5 Å². The van der Waals surface area contributed by atoms with Gasteiger partial charge < -0.3 is 20.4 Å². The Bertz CT molecular complexity index is 1150. The smallest absolute Gasteiger partial charge is 0.320 e. The molecule has 0 amide bonds. The quantitative estimate of drug-likeness (QED) is 0.450. The molecular formula is C23H19N3O4. The number of aliphatic carboxylic acids is 1. The topological polar surface area (TPSA) is 122 Å². The molecule has 7 nitrogen and oxygen atoms in total. The zero-order valence-corrected chi connectivity index (χ0v) is 15.9. The monoisotopic (exact) mass is 401 g/mol. The largest absolute Gasteiger partial charge is 0.508 e. The molecule has 4 rings (SSSR count). The second-order valence-electron chi connectivity index (χ2n) is 6.88. The number of phenolic OH excluding ortho intramolecular Hbond substituents is 1. The van der Waals surface area contributed by atoms with E-state index in [1.165, 1.54) is 0 Å². The molecule has 0 bridgehead atoms. The van der Waals surface area contributed by atoms with Crippen LogP contribution in [0.1, 0.15) is 5.56 Å². The number of carboxylic acids is 1. The molecule has 30 heavy (non-hydrogen) atoms. The van der Waals surface area contributed by atoms with Gasteiger partial charge in [-0.3, -0.25) is 4.79 Å². The third-order valence-corrected chi connectivity index (χ3v) is 4.73. The van der Waals surface area contributed by atoms with Crippen LogP contribution in [0.5, 0.6) is 5.75 Å². The molecule has 0 unspecified atom stereocenters. The van der Waals surface area contributed by atoms with E-state index in [4.69, 9.17) is 15.3 Å². The summed E-state index contributed by atoms with van der Waals surface area (Å²) in [5, 5.41) is 26.6. The van der Waals surface area contributed by atoms with E-state index in [9.17, 15) is 9.90 Å². The third kappa shape index (κ3) is 4.21. The van der Waals surface area contributed by atoms with Gasteiger partial charge in [0.25, 0.3) is 0 Å². The van der Waals surface area contributed by atoms with E-state index in [0.29, 0.717) is 11.8 Å². The number of benzene rings is 3. The number of carbonyl (C=O) groups is 1. The first-order valence-electron chi connectivity index (χ1n) is 9.30. The molecule has 0 saturated carbocycles. The fourth-order valence-electron chi connectivity index (χ4n) is 3.04. The molecule has 0 aliphatic rings. The summed E-state index contributed by atoms with van der Waals surface area (Å²) >= 11 is 0. The zero-order chi connectivity index (χ0) is 21.1. The van der Waals surface area contributed by atoms with E-state index >= 15 is 0 Å². The van der Waals surface area contributed by atoms with Gasteiger partial charge in [0.15, 0.2) is 0 Å². The highest BCUT2D eigenvalue weighted by molar-refractivity contribution is 5.73. The molecule has 1 atom stereocenters. The van der Waals surface area contributed by atoms with Crippen molar-refractivity contribution in [3.63, 3.8) is 0 Å². The van der Waals surface area contributed by atoms with E-state index in [0.717, 1.165) is 27.8 Å². The van der Waals surface area contributed by atoms with Crippen LogP contribution >= 0.6 is 0 Å². The highest BCUT2D eigenvalue weighted by atomic mass is 16.4. The fraction of sp³-hybridized carbons (Fsp3) is 0.0870. The first kappa shape index (κ1) is 19.4. The molecule has 1 heterocycles. The van der Waals surface area contributed by atoms with Crippen LogP contribution in [0.15, 0.2) is 77.2 Å². The van der Waals surface area contributed by atoms with Crippen molar-refractivity contribution in [1.29, 1.82) is 0 Å². The van der Waals surface area contributed by atoms with Gasteiger partial charge in [-0.25, -0.2) is 0 Å². The molecule has 3 aromatic carbocycles. The molecule has 0 saturated heterocycles. The Kier molecular flexibility index (Phi) is 5.28. The van der Waals surface area contributed by atoms with Crippen molar-refractivity contribution in [3.8, 4) is 39.8 Å². The molecule has 150 valence electrons. The first-order valence-corrected chi connectivity index (χ1v) is 9.30. The second kappa shape index (κ2) is 8.18. The summed E-state index contributed by atoms with van der Waals surface area (Å²) in [6.07, 6.45) is 0.248. The number of phenols is 1. The lowest BCUT2D eigenvalue weighted by molar-refractivity contribution is -0.138. The van der Waals surface area contributed by atoms with E-state index < -0.39 is 12.0 Å². The van der Waals surface area contributed by atoms with E-state index in [2.05, 4.69) is 10.2 Å². The third-order valence-electron chi connectivity index (χ3n) is 4.73. The van der Waals surface area contributed by atoms with Crippen LogP contribution in [0.25, 0.3) is 34.0 Å². The van der Waals surface area contributed by atoms with Gasteiger partial charge in [-0.1, -0.05) is 36.4 Å². The van der Waals surface area contributed by atoms with Gasteiger partial charge in [-0.15, -0.1) is 10.2 Å². The van der Waals surface area contributed by atoms with Crippen LogP contribution in [0.2, 0.25) is 0 Å². The highest BCUT2D eigenvalue weighted by Gasteiger charge is 2.14. The number of rotatable bonds is 6. The van der Waals surface area contributed by atoms with Crippen LogP contribution in [0, 0.1) is 0 Å². The number of aromatic nitrogens is 2. The average molecular weight is 401 g/mol. The van der Waals surface area contributed by atoms with E-state index in [-0.39, 0.29) is 12.2 Å². The Hall–Kier alpha value is -3.97. The summed E-state index contributed by atoms with van der Waals surface area (Å²) in [4.78, 5) is 10.9. The summed E-state index contributed by atoms with van der Waals surface area (Å²) in [5.41, 5.74) is 9.92. The van der Waals surface area contributed by atoms with Crippen LogP contribution in [0.4, 0.5) is 0 Å². The number of hydrogen-bond acceptors (Lipinski definition) is 6. The molecule has 4 aromatic rings. The molecule has 7 heteroatoms. The maximum absolute atomic E-state index is 10.9. The maximum atomic E-state index is 10.9. The molecule has 1 aromatic heterocycles. The Labute approximate surface area is 172 Å². The lowest BCUT2D eigenvalue weighted by Gasteiger charge is -2.06. The number of aromatic hydroxyl groups is 1. The molecule has 4 N–H and O–H groups in total. The first-order chi connectivity index (χ1) is 14.5. The van der Waals surface area contributed by atoms with Crippen LogP contribution in [0.3, 0.4) is 0 Å². The van der Waals surface area contributed by atoms with Crippen molar-refractivity contribution in [2.75, 3.05) is 0 Å². The molecule has 0 radical (unpaired) electrons. The summed E-state index contributed by atoms with van der Waals surface area (Å²) in [5.74, 6) is -0.0236. The van der Waals surface area contributed by atoms with Gasteiger partial charge in [0.05, 0.1) is 0 Å². The standard InChI is InChI=1S/C23H19N3O4/c24-20(23(28)29)13-14-1-3-17(4-2-14)21-25-26-22(30-21)18-7-5-15(6-8-18)16-9-11-19(27)12-10-16/h1-12,20,27H,13,24H2,(H,28,29)/t20-/m0/s1.